The van der Waals surface area contributed by atoms with Crippen LogP contribution in [0.5, 0.6) is 5.75 Å². The van der Waals surface area contributed by atoms with Crippen molar-refractivity contribution in [2.75, 3.05) is 17.2 Å². The second-order valence-corrected chi connectivity index (χ2v) is 10.5. The molecule has 0 saturated carbocycles. The first-order valence-corrected chi connectivity index (χ1v) is 14.2. The lowest BCUT2D eigenvalue weighted by atomic mass is 10.1. The number of benzene rings is 4. The van der Waals surface area contributed by atoms with Gasteiger partial charge in [0.05, 0.1) is 16.9 Å². The largest absolute Gasteiger partial charge is 0.482 e. The third-order valence-electron chi connectivity index (χ3n) is 6.00. The Balaban J connectivity index is 1.11. The van der Waals surface area contributed by atoms with Gasteiger partial charge in [0, 0.05) is 27.9 Å². The fourth-order valence-electron chi connectivity index (χ4n) is 3.82. The van der Waals surface area contributed by atoms with Gasteiger partial charge in [-0.25, -0.2) is 10.4 Å². The Morgan fingerprint density at radius 1 is 0.952 bits per heavy atom. The number of hydrogen-bond donors (Lipinski definition) is 3. The number of hydrogen-bond acceptors (Lipinski definition) is 7. The Morgan fingerprint density at radius 3 is 2.45 bits per heavy atom. The molecule has 0 aliphatic carbocycles. The lowest BCUT2D eigenvalue weighted by Crippen LogP contribution is -2.20. The maximum absolute atomic E-state index is 12.6. The van der Waals surface area contributed by atoms with Crippen LogP contribution in [0.15, 0.2) is 108 Å². The first-order valence-electron chi connectivity index (χ1n) is 12.9. The molecule has 5 rings (SSSR count). The van der Waals surface area contributed by atoms with Crippen molar-refractivity contribution in [1.82, 2.24) is 10.4 Å². The first kappa shape index (κ1) is 28.5. The molecule has 210 valence electrons. The zero-order chi connectivity index (χ0) is 29.3. The quantitative estimate of drug-likeness (QED) is 0.116. The van der Waals surface area contributed by atoms with E-state index in [1.807, 2.05) is 66.9 Å². The molecule has 0 aliphatic heterocycles. The summed E-state index contributed by atoms with van der Waals surface area (Å²) >= 11 is 7.82. The smallest absolute Gasteiger partial charge is 0.271 e. The highest BCUT2D eigenvalue weighted by Crippen LogP contribution is 2.28. The molecular weight excluding hydrogens is 570 g/mol. The number of nitrogens with zero attached hydrogens (tertiary/aromatic N) is 2. The highest BCUT2D eigenvalue weighted by atomic mass is 35.5. The average Bonchev–Trinajstić information content (AvgIpc) is 3.47. The zero-order valence-electron chi connectivity index (χ0n) is 22.5. The summed E-state index contributed by atoms with van der Waals surface area (Å²) in [5.41, 5.74) is 8.20. The molecule has 3 N–H and O–H groups in total. The molecular formula is C32H26ClN5O3S. The lowest BCUT2D eigenvalue weighted by Gasteiger charge is -2.09. The number of thiazole rings is 1. The molecule has 0 fully saturated rings. The number of anilines is 3. The topological polar surface area (TPSA) is 105 Å². The number of hydrazone groups is 1. The van der Waals surface area contributed by atoms with E-state index in [2.05, 4.69) is 26.1 Å². The summed E-state index contributed by atoms with van der Waals surface area (Å²) in [5, 5.41) is 13.2. The number of rotatable bonds is 10. The lowest BCUT2D eigenvalue weighted by molar-refractivity contribution is -0.118. The maximum atomic E-state index is 12.6. The summed E-state index contributed by atoms with van der Waals surface area (Å²) in [6, 6.07) is 29.4. The van der Waals surface area contributed by atoms with Crippen LogP contribution in [0.25, 0.3) is 11.3 Å². The zero-order valence-corrected chi connectivity index (χ0v) is 24.1. The molecule has 0 spiro atoms. The number of aromatic nitrogens is 1. The van der Waals surface area contributed by atoms with Crippen LogP contribution in [-0.4, -0.2) is 29.6 Å². The molecule has 42 heavy (non-hydrogen) atoms. The maximum Gasteiger partial charge on any atom is 0.271 e. The standard InChI is InChI=1S/C32H26ClN5O3S/c1-21-7-14-26(15-8-21)36-32-37-28(20-42-32)23-10-12-24(13-11-23)31(40)38-34-18-22-9-16-29(27(33)17-22)41-19-30(39)35-25-5-3-2-4-6-25/h2-18,20H,19H2,1H3,(H,35,39)(H,36,37)(H,38,40)/b34-18+. The Labute approximate surface area is 252 Å². The molecule has 0 unspecified atom stereocenters. The molecule has 0 saturated heterocycles. The molecule has 1 heterocycles. The molecule has 1 aromatic heterocycles. The van der Waals surface area contributed by atoms with Crippen molar-refractivity contribution in [3.63, 3.8) is 0 Å². The van der Waals surface area contributed by atoms with Crippen molar-refractivity contribution < 1.29 is 14.3 Å². The number of ether oxygens (including phenoxy) is 1. The van der Waals surface area contributed by atoms with E-state index in [-0.39, 0.29) is 18.4 Å². The summed E-state index contributed by atoms with van der Waals surface area (Å²) in [7, 11) is 0. The van der Waals surface area contributed by atoms with Gasteiger partial charge in [-0.2, -0.15) is 5.10 Å². The SMILES string of the molecule is Cc1ccc(Nc2nc(-c3ccc(C(=O)N/N=C/c4ccc(OCC(=O)Nc5ccccc5)c(Cl)c4)cc3)cs2)cc1. The van der Waals surface area contributed by atoms with Gasteiger partial charge in [0.1, 0.15) is 5.75 Å². The second kappa shape index (κ2) is 13.6. The van der Waals surface area contributed by atoms with Crippen molar-refractivity contribution in [3.05, 3.63) is 124 Å². The van der Waals surface area contributed by atoms with Gasteiger partial charge in [0.25, 0.3) is 11.8 Å². The highest BCUT2D eigenvalue weighted by molar-refractivity contribution is 7.14. The second-order valence-electron chi connectivity index (χ2n) is 9.20. The van der Waals surface area contributed by atoms with Crippen LogP contribution in [-0.2, 0) is 4.79 Å². The molecule has 4 aromatic carbocycles. The summed E-state index contributed by atoms with van der Waals surface area (Å²) < 4.78 is 5.53. The minimum atomic E-state index is -0.353. The number of amides is 2. The van der Waals surface area contributed by atoms with Gasteiger partial charge in [-0.1, -0.05) is 59.6 Å². The summed E-state index contributed by atoms with van der Waals surface area (Å²) in [5.74, 6) is -0.294. The molecule has 0 bridgehead atoms. The molecule has 5 aromatic rings. The molecule has 8 nitrogen and oxygen atoms in total. The molecule has 0 radical (unpaired) electrons. The number of nitrogens with one attached hydrogen (secondary N) is 3. The molecule has 2 amide bonds. The Bertz CT molecular complexity index is 1700. The van der Waals surface area contributed by atoms with E-state index in [4.69, 9.17) is 16.3 Å². The van der Waals surface area contributed by atoms with Gasteiger partial charge in [0.15, 0.2) is 11.7 Å². The Morgan fingerprint density at radius 2 is 1.71 bits per heavy atom. The van der Waals surface area contributed by atoms with Gasteiger partial charge in [0.2, 0.25) is 0 Å². The number of aryl methyl sites for hydroxylation is 1. The van der Waals surface area contributed by atoms with E-state index >= 15 is 0 Å². The van der Waals surface area contributed by atoms with E-state index in [1.54, 1.807) is 42.5 Å². The van der Waals surface area contributed by atoms with Crippen LogP contribution in [0, 0.1) is 6.92 Å². The number of carbonyl (C=O) groups is 2. The first-order chi connectivity index (χ1) is 20.4. The van der Waals surface area contributed by atoms with E-state index in [9.17, 15) is 9.59 Å². The van der Waals surface area contributed by atoms with Crippen molar-refractivity contribution in [2.45, 2.75) is 6.92 Å². The van der Waals surface area contributed by atoms with Crippen LogP contribution in [0.3, 0.4) is 0 Å². The van der Waals surface area contributed by atoms with Gasteiger partial charge in [-0.05, 0) is 67.1 Å². The van der Waals surface area contributed by atoms with Crippen LogP contribution in [0.4, 0.5) is 16.5 Å². The van der Waals surface area contributed by atoms with Gasteiger partial charge < -0.3 is 15.4 Å². The molecule has 0 aliphatic rings. The van der Waals surface area contributed by atoms with Crippen molar-refractivity contribution in [2.24, 2.45) is 5.10 Å². The van der Waals surface area contributed by atoms with E-state index < -0.39 is 0 Å². The third kappa shape index (κ3) is 7.81. The number of para-hydroxylation sites is 1. The minimum Gasteiger partial charge on any atom is -0.482 e. The van der Waals surface area contributed by atoms with Crippen LogP contribution in [0.1, 0.15) is 21.5 Å². The van der Waals surface area contributed by atoms with Gasteiger partial charge in [-0.15, -0.1) is 11.3 Å². The van der Waals surface area contributed by atoms with Crippen LogP contribution in [0.2, 0.25) is 5.02 Å². The van der Waals surface area contributed by atoms with E-state index in [1.165, 1.54) is 23.1 Å². The monoisotopic (exact) mass is 595 g/mol. The normalized spacial score (nSPS) is 10.8. The fraction of sp³-hybridized carbons (Fsp3) is 0.0625. The van der Waals surface area contributed by atoms with Gasteiger partial charge >= 0.3 is 0 Å². The predicted octanol–water partition coefficient (Wildman–Crippen LogP) is 7.30. The highest BCUT2D eigenvalue weighted by Gasteiger charge is 2.09. The van der Waals surface area contributed by atoms with Crippen molar-refractivity contribution >= 4 is 57.5 Å². The summed E-state index contributed by atoms with van der Waals surface area (Å²) in [6.45, 7) is 1.86. The van der Waals surface area contributed by atoms with Gasteiger partial charge in [-0.3, -0.25) is 9.59 Å². The predicted molar refractivity (Wildman–Crippen MR) is 169 cm³/mol. The van der Waals surface area contributed by atoms with Crippen LogP contribution >= 0.6 is 22.9 Å². The Hall–Kier alpha value is -4.99. The number of carbonyl (C=O) groups excluding carboxylic acids is 2. The van der Waals surface area contributed by atoms with E-state index in [0.717, 1.165) is 22.1 Å². The minimum absolute atomic E-state index is 0.190. The number of halogens is 1. The Kier molecular flexibility index (Phi) is 9.23. The average molecular weight is 596 g/mol. The summed E-state index contributed by atoms with van der Waals surface area (Å²) in [4.78, 5) is 29.3. The van der Waals surface area contributed by atoms with Crippen LogP contribution < -0.4 is 20.8 Å². The fourth-order valence-corrected chi connectivity index (χ4v) is 4.81. The molecule has 10 heteroatoms. The van der Waals surface area contributed by atoms with Crippen molar-refractivity contribution in [1.29, 1.82) is 0 Å². The van der Waals surface area contributed by atoms with E-state index in [0.29, 0.717) is 27.6 Å². The third-order valence-corrected chi connectivity index (χ3v) is 7.05. The molecule has 0 atom stereocenters. The van der Waals surface area contributed by atoms with Crippen molar-refractivity contribution in [3.8, 4) is 17.0 Å². The summed E-state index contributed by atoms with van der Waals surface area (Å²) in [6.07, 6.45) is 1.47.